The lowest BCUT2D eigenvalue weighted by Gasteiger charge is -2.21. The smallest absolute Gasteiger partial charge is 0.0961 e. The summed E-state index contributed by atoms with van der Waals surface area (Å²) in [5, 5.41) is 3.36. The first-order valence-corrected chi connectivity index (χ1v) is 7.79. The lowest BCUT2D eigenvalue weighted by molar-refractivity contribution is -0.0210. The lowest BCUT2D eigenvalue weighted by Crippen LogP contribution is -2.26. The summed E-state index contributed by atoms with van der Waals surface area (Å²) < 4.78 is 12.8. The molecule has 2 atom stereocenters. The van der Waals surface area contributed by atoms with Crippen LogP contribution in [0.2, 0.25) is 0 Å². The maximum absolute atomic E-state index is 6.08. The Labute approximate surface area is 123 Å². The normalized spacial score (nSPS) is 20.6. The highest BCUT2D eigenvalue weighted by Gasteiger charge is 2.20. The monoisotopic (exact) mass is 327 g/mol. The Morgan fingerprint density at radius 1 is 1.47 bits per heavy atom. The van der Waals surface area contributed by atoms with Crippen molar-refractivity contribution in [2.75, 3.05) is 26.3 Å². The van der Waals surface area contributed by atoms with Crippen LogP contribution >= 0.6 is 15.9 Å². The minimum atomic E-state index is 0.0692. The summed E-state index contributed by atoms with van der Waals surface area (Å²) in [6, 6.07) is 8.25. The molecule has 0 radical (unpaired) electrons. The van der Waals surface area contributed by atoms with Gasteiger partial charge in [-0.2, -0.15) is 0 Å². The molecule has 0 amide bonds. The van der Waals surface area contributed by atoms with E-state index in [2.05, 4.69) is 46.4 Å². The van der Waals surface area contributed by atoms with E-state index in [0.29, 0.717) is 6.61 Å². The predicted molar refractivity (Wildman–Crippen MR) is 80.4 cm³/mol. The predicted octanol–water partition coefficient (Wildman–Crippen LogP) is 3.30. The lowest BCUT2D eigenvalue weighted by atomic mass is 10.1. The van der Waals surface area contributed by atoms with Crippen molar-refractivity contribution >= 4 is 15.9 Å². The summed E-state index contributed by atoms with van der Waals surface area (Å²) in [6.07, 6.45) is 2.61. The van der Waals surface area contributed by atoms with E-state index in [0.717, 1.165) is 37.0 Å². The summed E-state index contributed by atoms with van der Waals surface area (Å²) in [4.78, 5) is 0. The van der Waals surface area contributed by atoms with Crippen LogP contribution in [0.25, 0.3) is 0 Å². The van der Waals surface area contributed by atoms with Gasteiger partial charge in [-0.25, -0.2) is 0 Å². The molecular formula is C15H22BrNO2. The van der Waals surface area contributed by atoms with Crippen LogP contribution in [0.3, 0.4) is 0 Å². The van der Waals surface area contributed by atoms with Crippen molar-refractivity contribution in [1.82, 2.24) is 5.32 Å². The van der Waals surface area contributed by atoms with Crippen molar-refractivity contribution in [1.29, 1.82) is 0 Å². The van der Waals surface area contributed by atoms with Crippen LogP contribution in [0.5, 0.6) is 0 Å². The molecule has 1 N–H and O–H groups in total. The average molecular weight is 328 g/mol. The van der Waals surface area contributed by atoms with E-state index in [4.69, 9.17) is 9.47 Å². The number of hydrogen-bond donors (Lipinski definition) is 1. The van der Waals surface area contributed by atoms with Crippen molar-refractivity contribution in [2.24, 2.45) is 0 Å². The molecule has 2 rings (SSSR count). The van der Waals surface area contributed by atoms with Gasteiger partial charge in [0.1, 0.15) is 0 Å². The van der Waals surface area contributed by atoms with Crippen LogP contribution in [0.15, 0.2) is 28.7 Å². The number of hydrogen-bond acceptors (Lipinski definition) is 3. The van der Waals surface area contributed by atoms with Crippen LogP contribution in [0.4, 0.5) is 0 Å². The van der Waals surface area contributed by atoms with Gasteiger partial charge in [0.25, 0.3) is 0 Å². The molecule has 1 saturated heterocycles. The Balaban J connectivity index is 1.96. The van der Waals surface area contributed by atoms with Crippen molar-refractivity contribution in [2.45, 2.75) is 32.0 Å². The summed E-state index contributed by atoms with van der Waals surface area (Å²) >= 11 is 3.60. The zero-order valence-electron chi connectivity index (χ0n) is 11.4. The van der Waals surface area contributed by atoms with E-state index >= 15 is 0 Å². The second-order valence-electron chi connectivity index (χ2n) is 4.79. The molecule has 1 aromatic rings. The Morgan fingerprint density at radius 3 is 3.00 bits per heavy atom. The van der Waals surface area contributed by atoms with Crippen LogP contribution in [0.1, 0.15) is 31.4 Å². The number of ether oxygens (including phenoxy) is 2. The van der Waals surface area contributed by atoms with Gasteiger partial charge in [-0.3, -0.25) is 0 Å². The summed E-state index contributed by atoms with van der Waals surface area (Å²) in [5.41, 5.74) is 1.20. The number of halogens is 1. The summed E-state index contributed by atoms with van der Waals surface area (Å²) in [5.74, 6) is 0. The molecule has 106 valence electrons. The Hall–Kier alpha value is -0.420. The average Bonchev–Trinajstić information content (AvgIpc) is 2.93. The molecule has 1 heterocycles. The van der Waals surface area contributed by atoms with Gasteiger partial charge in [-0.15, -0.1) is 0 Å². The van der Waals surface area contributed by atoms with Gasteiger partial charge in [0.05, 0.1) is 18.8 Å². The van der Waals surface area contributed by atoms with Crippen molar-refractivity contribution < 1.29 is 9.47 Å². The third kappa shape index (κ3) is 4.56. The number of rotatable bonds is 7. The third-order valence-corrected chi connectivity index (χ3v) is 4.06. The number of likely N-dealkylation sites (N-methyl/N-ethyl adjacent to an activating group) is 1. The molecule has 0 aromatic heterocycles. The maximum atomic E-state index is 6.08. The Kier molecular flexibility index (Phi) is 6.31. The van der Waals surface area contributed by atoms with E-state index in [-0.39, 0.29) is 12.2 Å². The molecule has 2 unspecified atom stereocenters. The van der Waals surface area contributed by atoms with Crippen molar-refractivity contribution in [3.05, 3.63) is 34.3 Å². The fourth-order valence-electron chi connectivity index (χ4n) is 2.27. The quantitative estimate of drug-likeness (QED) is 0.833. The van der Waals surface area contributed by atoms with Gasteiger partial charge in [0, 0.05) is 17.6 Å². The molecule has 0 aliphatic carbocycles. The third-order valence-electron chi connectivity index (χ3n) is 3.34. The highest BCUT2D eigenvalue weighted by atomic mass is 79.9. The molecule has 1 aromatic carbocycles. The first-order chi connectivity index (χ1) is 9.31. The first kappa shape index (κ1) is 15.0. The highest BCUT2D eigenvalue weighted by Crippen LogP contribution is 2.26. The van der Waals surface area contributed by atoms with E-state index in [9.17, 15) is 0 Å². The molecule has 1 fully saturated rings. The second-order valence-corrected chi connectivity index (χ2v) is 5.64. The topological polar surface area (TPSA) is 30.5 Å². The molecule has 4 heteroatoms. The standard InChI is InChI=1S/C15H22BrNO2/c1-2-17-10-15(13-7-3-4-8-14(13)16)19-11-12-6-5-9-18-12/h3-4,7-8,12,15,17H,2,5-6,9-11H2,1H3. The fourth-order valence-corrected chi connectivity index (χ4v) is 2.81. The van der Waals surface area contributed by atoms with Gasteiger partial charge in [0.15, 0.2) is 0 Å². The van der Waals surface area contributed by atoms with E-state index < -0.39 is 0 Å². The summed E-state index contributed by atoms with van der Waals surface area (Å²) in [7, 11) is 0. The van der Waals surface area contributed by atoms with Crippen LogP contribution in [0, 0.1) is 0 Å². The Bertz CT molecular complexity index is 380. The maximum Gasteiger partial charge on any atom is 0.0961 e. The second kappa shape index (κ2) is 8.00. The highest BCUT2D eigenvalue weighted by molar-refractivity contribution is 9.10. The minimum Gasteiger partial charge on any atom is -0.376 e. The summed E-state index contributed by atoms with van der Waals surface area (Å²) in [6.45, 7) is 5.44. The van der Waals surface area contributed by atoms with Gasteiger partial charge >= 0.3 is 0 Å². The van der Waals surface area contributed by atoms with Crippen LogP contribution < -0.4 is 5.32 Å². The van der Waals surface area contributed by atoms with Crippen LogP contribution in [-0.4, -0.2) is 32.4 Å². The SMILES string of the molecule is CCNCC(OCC1CCCO1)c1ccccc1Br. The zero-order chi connectivity index (χ0) is 13.5. The first-order valence-electron chi connectivity index (χ1n) is 6.99. The van der Waals surface area contributed by atoms with Gasteiger partial charge in [-0.1, -0.05) is 41.1 Å². The molecule has 0 spiro atoms. The molecular weight excluding hydrogens is 306 g/mol. The van der Waals surface area contributed by atoms with Gasteiger partial charge in [0.2, 0.25) is 0 Å². The van der Waals surface area contributed by atoms with E-state index in [1.165, 1.54) is 5.56 Å². The van der Waals surface area contributed by atoms with Gasteiger partial charge in [-0.05, 0) is 31.0 Å². The fraction of sp³-hybridized carbons (Fsp3) is 0.600. The van der Waals surface area contributed by atoms with E-state index in [1.807, 2.05) is 6.07 Å². The molecule has 0 bridgehead atoms. The van der Waals surface area contributed by atoms with Crippen molar-refractivity contribution in [3.63, 3.8) is 0 Å². The van der Waals surface area contributed by atoms with Crippen molar-refractivity contribution in [3.8, 4) is 0 Å². The molecule has 1 aliphatic rings. The molecule has 1 aliphatic heterocycles. The van der Waals surface area contributed by atoms with Gasteiger partial charge < -0.3 is 14.8 Å². The van der Waals surface area contributed by atoms with E-state index in [1.54, 1.807) is 0 Å². The molecule has 19 heavy (non-hydrogen) atoms. The molecule has 0 saturated carbocycles. The molecule has 3 nitrogen and oxygen atoms in total. The van der Waals surface area contributed by atoms with Crippen LogP contribution in [-0.2, 0) is 9.47 Å². The number of nitrogens with one attached hydrogen (secondary N) is 1. The Morgan fingerprint density at radius 2 is 2.32 bits per heavy atom. The zero-order valence-corrected chi connectivity index (χ0v) is 13.0. The number of benzene rings is 1. The largest absolute Gasteiger partial charge is 0.376 e. The minimum absolute atomic E-state index is 0.0692.